The highest BCUT2D eigenvalue weighted by molar-refractivity contribution is 7.10. The lowest BCUT2D eigenvalue weighted by Crippen LogP contribution is -2.34. The number of amides is 2. The average molecular weight is 447 g/mol. The second-order valence-electron chi connectivity index (χ2n) is 7.32. The SMILES string of the molecule is [C-]#[N+]C1(c2ccc(F)cc2-c2ccc([C@H](CO)NC(=O)Nc3csc(C#C)n3)nc2)CC1. The largest absolute Gasteiger partial charge is 0.394 e. The van der Waals surface area contributed by atoms with Crippen molar-refractivity contribution in [2.24, 2.45) is 0 Å². The number of hydrogen-bond donors (Lipinski definition) is 3. The summed E-state index contributed by atoms with van der Waals surface area (Å²) in [4.78, 5) is 24.4. The van der Waals surface area contributed by atoms with Crippen molar-refractivity contribution in [2.45, 2.75) is 24.4 Å². The van der Waals surface area contributed by atoms with Gasteiger partial charge in [-0.2, -0.15) is 0 Å². The summed E-state index contributed by atoms with van der Waals surface area (Å²) in [5, 5.41) is 17.0. The number of aliphatic hydroxyl groups is 1. The lowest BCUT2D eigenvalue weighted by atomic mass is 9.94. The molecule has 2 amide bonds. The lowest BCUT2D eigenvalue weighted by Gasteiger charge is -2.17. The van der Waals surface area contributed by atoms with Crippen molar-refractivity contribution in [2.75, 3.05) is 11.9 Å². The first-order chi connectivity index (χ1) is 15.5. The number of hydrogen-bond acceptors (Lipinski definition) is 5. The van der Waals surface area contributed by atoms with E-state index in [9.17, 15) is 14.3 Å². The fourth-order valence-electron chi connectivity index (χ4n) is 3.41. The molecular weight excluding hydrogens is 429 g/mol. The first kappa shape index (κ1) is 21.4. The van der Waals surface area contributed by atoms with E-state index in [0.717, 1.165) is 18.4 Å². The molecule has 160 valence electrons. The molecule has 1 saturated carbocycles. The number of halogens is 1. The molecule has 0 radical (unpaired) electrons. The van der Waals surface area contributed by atoms with Crippen molar-refractivity contribution in [3.63, 3.8) is 0 Å². The molecule has 4 rings (SSSR count). The molecule has 1 fully saturated rings. The number of nitrogens with zero attached hydrogens (tertiary/aromatic N) is 3. The maximum Gasteiger partial charge on any atom is 0.321 e. The number of benzene rings is 1. The van der Waals surface area contributed by atoms with Crippen LogP contribution in [0.5, 0.6) is 0 Å². The predicted octanol–water partition coefficient (Wildman–Crippen LogP) is 4.09. The Bertz CT molecular complexity index is 1240. The number of rotatable bonds is 6. The number of anilines is 1. The van der Waals surface area contributed by atoms with Crippen LogP contribution >= 0.6 is 11.3 Å². The summed E-state index contributed by atoms with van der Waals surface area (Å²) < 4.78 is 14.0. The van der Waals surface area contributed by atoms with Crippen LogP contribution in [0.1, 0.15) is 35.1 Å². The highest BCUT2D eigenvalue weighted by Crippen LogP contribution is 2.52. The third-order valence-corrected chi connectivity index (χ3v) is 6.01. The molecule has 0 saturated heterocycles. The number of pyridine rings is 1. The Labute approximate surface area is 188 Å². The minimum Gasteiger partial charge on any atom is -0.394 e. The van der Waals surface area contributed by atoms with E-state index in [2.05, 4.69) is 31.4 Å². The number of aliphatic hydroxyl groups excluding tert-OH is 1. The normalized spacial score (nSPS) is 14.6. The summed E-state index contributed by atoms with van der Waals surface area (Å²) in [6.07, 6.45) is 8.31. The summed E-state index contributed by atoms with van der Waals surface area (Å²) in [7, 11) is 0. The van der Waals surface area contributed by atoms with E-state index < -0.39 is 23.4 Å². The third kappa shape index (κ3) is 4.30. The van der Waals surface area contributed by atoms with Gasteiger partial charge in [-0.1, -0.05) is 6.07 Å². The standard InChI is InChI=1S/C23H18FN5O2S/c1-3-21-28-20(13-32-21)29-22(31)27-19(12-30)18-7-4-14(11-26-18)16-10-15(24)5-6-17(16)23(25-2)8-9-23/h1,4-7,10-11,13,19,30H,8-9,12H2,(H2,27,29,31)/t19-/m0/s1. The maximum absolute atomic E-state index is 14.0. The van der Waals surface area contributed by atoms with E-state index in [1.165, 1.54) is 23.5 Å². The Balaban J connectivity index is 1.52. The number of aromatic nitrogens is 2. The Morgan fingerprint density at radius 2 is 2.22 bits per heavy atom. The zero-order chi connectivity index (χ0) is 22.7. The van der Waals surface area contributed by atoms with Gasteiger partial charge in [-0.25, -0.2) is 20.7 Å². The molecule has 7 nitrogen and oxygen atoms in total. The highest BCUT2D eigenvalue weighted by Gasteiger charge is 2.53. The number of carbonyl (C=O) groups excluding carboxylic acids is 1. The molecule has 9 heteroatoms. The number of thiazole rings is 1. The monoisotopic (exact) mass is 447 g/mol. The van der Waals surface area contributed by atoms with Crippen LogP contribution in [0, 0.1) is 24.7 Å². The predicted molar refractivity (Wildman–Crippen MR) is 119 cm³/mol. The molecule has 0 bridgehead atoms. The van der Waals surface area contributed by atoms with E-state index in [-0.39, 0.29) is 6.61 Å². The fourth-order valence-corrected chi connectivity index (χ4v) is 3.97. The minimum absolute atomic E-state index is 0.313. The number of carbonyl (C=O) groups is 1. The highest BCUT2D eigenvalue weighted by atomic mass is 32.1. The smallest absolute Gasteiger partial charge is 0.321 e. The second-order valence-corrected chi connectivity index (χ2v) is 8.18. The summed E-state index contributed by atoms with van der Waals surface area (Å²) in [6, 6.07) is 6.50. The Hall–Kier alpha value is -3.79. The van der Waals surface area contributed by atoms with Gasteiger partial charge < -0.3 is 15.3 Å². The van der Waals surface area contributed by atoms with Gasteiger partial charge in [0, 0.05) is 35.5 Å². The Kier molecular flexibility index (Phi) is 5.87. The molecule has 2 aromatic heterocycles. The molecule has 2 heterocycles. The Morgan fingerprint density at radius 1 is 1.41 bits per heavy atom. The fraction of sp³-hybridized carbons (Fsp3) is 0.217. The van der Waals surface area contributed by atoms with E-state index in [4.69, 9.17) is 13.0 Å². The molecule has 1 atom stereocenters. The van der Waals surface area contributed by atoms with Gasteiger partial charge in [-0.05, 0) is 35.7 Å². The van der Waals surface area contributed by atoms with Crippen molar-refractivity contribution >= 4 is 23.2 Å². The zero-order valence-corrected chi connectivity index (χ0v) is 17.6. The van der Waals surface area contributed by atoms with Gasteiger partial charge >= 0.3 is 6.03 Å². The van der Waals surface area contributed by atoms with Gasteiger partial charge in [0.05, 0.1) is 18.3 Å². The molecular formula is C23H18FN5O2S. The summed E-state index contributed by atoms with van der Waals surface area (Å²) in [5.74, 6) is 2.31. The van der Waals surface area contributed by atoms with Crippen LogP contribution < -0.4 is 10.6 Å². The summed E-state index contributed by atoms with van der Waals surface area (Å²) in [6.45, 7) is 7.14. The topological polar surface area (TPSA) is 91.5 Å². The molecule has 3 aromatic rings. The van der Waals surface area contributed by atoms with Crippen LogP contribution in [-0.2, 0) is 5.54 Å². The second kappa shape index (κ2) is 8.75. The van der Waals surface area contributed by atoms with Crippen LogP contribution in [-0.4, -0.2) is 27.7 Å². The molecule has 3 N–H and O–H groups in total. The molecule has 0 aliphatic heterocycles. The van der Waals surface area contributed by atoms with Crippen molar-refractivity contribution in [1.82, 2.24) is 15.3 Å². The van der Waals surface area contributed by atoms with Crippen molar-refractivity contribution in [3.05, 3.63) is 75.4 Å². The first-order valence-electron chi connectivity index (χ1n) is 9.73. The van der Waals surface area contributed by atoms with Gasteiger partial charge in [-0.15, -0.1) is 17.8 Å². The summed E-state index contributed by atoms with van der Waals surface area (Å²) >= 11 is 1.23. The van der Waals surface area contributed by atoms with Gasteiger partial charge in [0.1, 0.15) is 11.6 Å². The minimum atomic E-state index is -0.764. The summed E-state index contributed by atoms with van der Waals surface area (Å²) in [5.41, 5.74) is 1.90. The molecule has 1 aromatic carbocycles. The van der Waals surface area contributed by atoms with E-state index in [0.29, 0.717) is 27.6 Å². The van der Waals surface area contributed by atoms with Crippen LogP contribution in [0.25, 0.3) is 16.0 Å². The van der Waals surface area contributed by atoms with Gasteiger partial charge in [0.15, 0.2) is 5.01 Å². The molecule has 1 aliphatic carbocycles. The number of nitrogens with one attached hydrogen (secondary N) is 2. The van der Waals surface area contributed by atoms with E-state index >= 15 is 0 Å². The molecule has 1 aliphatic rings. The molecule has 0 spiro atoms. The Morgan fingerprint density at radius 3 is 2.81 bits per heavy atom. The van der Waals surface area contributed by atoms with Crippen molar-refractivity contribution in [3.8, 4) is 23.5 Å². The van der Waals surface area contributed by atoms with E-state index in [1.54, 1.807) is 29.8 Å². The van der Waals surface area contributed by atoms with Gasteiger partial charge in [0.2, 0.25) is 0 Å². The van der Waals surface area contributed by atoms with Crippen LogP contribution in [0.4, 0.5) is 15.0 Å². The van der Waals surface area contributed by atoms with Crippen molar-refractivity contribution < 1.29 is 14.3 Å². The average Bonchev–Trinajstić information content (AvgIpc) is 3.48. The van der Waals surface area contributed by atoms with Crippen LogP contribution in [0.15, 0.2) is 41.9 Å². The quantitative estimate of drug-likeness (QED) is 0.392. The van der Waals surface area contributed by atoms with Gasteiger partial charge in [0.25, 0.3) is 5.54 Å². The molecule has 32 heavy (non-hydrogen) atoms. The zero-order valence-electron chi connectivity index (χ0n) is 16.8. The number of terminal acetylenes is 1. The van der Waals surface area contributed by atoms with E-state index in [1.807, 2.05) is 0 Å². The first-order valence-corrected chi connectivity index (χ1v) is 10.6. The third-order valence-electron chi connectivity index (χ3n) is 5.23. The number of urea groups is 1. The van der Waals surface area contributed by atoms with Gasteiger partial charge in [-0.3, -0.25) is 10.3 Å². The lowest BCUT2D eigenvalue weighted by molar-refractivity contribution is 0.224. The van der Waals surface area contributed by atoms with Crippen LogP contribution in [0.3, 0.4) is 0 Å². The maximum atomic E-state index is 14.0. The van der Waals surface area contributed by atoms with Crippen molar-refractivity contribution in [1.29, 1.82) is 0 Å². The van der Waals surface area contributed by atoms with Crippen LogP contribution in [0.2, 0.25) is 0 Å². The molecule has 0 unspecified atom stereocenters.